The molecule has 0 fully saturated rings. The Hall–Kier alpha value is -0.260. The molecule has 0 heterocycles. The van der Waals surface area contributed by atoms with Crippen LogP contribution in [0, 0.1) is 5.92 Å². The molecule has 0 aromatic carbocycles. The van der Waals surface area contributed by atoms with E-state index in [2.05, 4.69) is 32.9 Å². The molecule has 0 aliphatic heterocycles. The first-order chi connectivity index (χ1) is 10.8. The van der Waals surface area contributed by atoms with E-state index in [0.29, 0.717) is 0 Å². The number of unbranched alkanes of at least 4 members (excludes halogenated alkanes) is 11. The van der Waals surface area contributed by atoms with Gasteiger partial charge in [-0.15, -0.1) is 0 Å². The molecule has 0 aliphatic carbocycles. The van der Waals surface area contributed by atoms with Gasteiger partial charge in [-0.1, -0.05) is 110 Å². The number of rotatable bonds is 17. The van der Waals surface area contributed by atoms with Crippen LogP contribution < -0.4 is 0 Å². The fraction of sp³-hybridized carbons (Fsp3) is 0.909. The molecule has 0 amide bonds. The lowest BCUT2D eigenvalue weighted by atomic mass is 9.96. The molecule has 132 valence electrons. The van der Waals surface area contributed by atoms with Gasteiger partial charge in [0.15, 0.2) is 0 Å². The minimum absolute atomic E-state index is 0.954. The van der Waals surface area contributed by atoms with Gasteiger partial charge in [-0.05, 0) is 31.6 Å². The Balaban J connectivity index is 3.19. The summed E-state index contributed by atoms with van der Waals surface area (Å²) in [5.41, 5.74) is 0. The van der Waals surface area contributed by atoms with Crippen molar-refractivity contribution in [2.24, 2.45) is 5.92 Å². The molecule has 0 spiro atoms. The van der Waals surface area contributed by atoms with Crippen LogP contribution in [0.15, 0.2) is 12.2 Å². The third kappa shape index (κ3) is 17.8. The first kappa shape index (κ1) is 21.7. The van der Waals surface area contributed by atoms with E-state index in [4.69, 9.17) is 0 Å². The van der Waals surface area contributed by atoms with E-state index in [1.807, 2.05) is 0 Å². The molecule has 0 aromatic rings. The summed E-state index contributed by atoms with van der Waals surface area (Å²) >= 11 is 0. The highest BCUT2D eigenvalue weighted by Gasteiger charge is 2.01. The topological polar surface area (TPSA) is 0 Å². The van der Waals surface area contributed by atoms with E-state index in [1.165, 1.54) is 103 Å². The van der Waals surface area contributed by atoms with Crippen molar-refractivity contribution in [3.8, 4) is 0 Å². The molecule has 0 saturated heterocycles. The Labute approximate surface area is 142 Å². The first-order valence-electron chi connectivity index (χ1n) is 10.5. The van der Waals surface area contributed by atoms with E-state index in [-0.39, 0.29) is 0 Å². The summed E-state index contributed by atoms with van der Waals surface area (Å²) in [4.78, 5) is 0. The fourth-order valence-electron chi connectivity index (χ4n) is 3.10. The van der Waals surface area contributed by atoms with E-state index in [1.54, 1.807) is 0 Å². The Morgan fingerprint density at radius 1 is 0.545 bits per heavy atom. The van der Waals surface area contributed by atoms with Gasteiger partial charge in [0.2, 0.25) is 0 Å². The molecule has 1 unspecified atom stereocenters. The predicted octanol–water partition coefficient (Wildman–Crippen LogP) is 8.46. The first-order valence-corrected chi connectivity index (χ1v) is 10.5. The second-order valence-electron chi connectivity index (χ2n) is 7.27. The number of allylic oxidation sites excluding steroid dienone is 2. The molecular weight excluding hydrogens is 264 g/mol. The smallest absolute Gasteiger partial charge is 0.0351 e. The van der Waals surface area contributed by atoms with Crippen molar-refractivity contribution in [3.63, 3.8) is 0 Å². The van der Waals surface area contributed by atoms with Gasteiger partial charge in [0.25, 0.3) is 0 Å². The highest BCUT2D eigenvalue weighted by molar-refractivity contribution is 4.81. The van der Waals surface area contributed by atoms with Crippen LogP contribution in [0.5, 0.6) is 0 Å². The minimum atomic E-state index is 0.954. The van der Waals surface area contributed by atoms with Gasteiger partial charge in [-0.25, -0.2) is 0 Å². The van der Waals surface area contributed by atoms with Crippen molar-refractivity contribution >= 4 is 0 Å². The Bertz CT molecular complexity index is 216. The summed E-state index contributed by atoms with van der Waals surface area (Å²) in [6.07, 6.45) is 27.3. The molecule has 0 radical (unpaired) electrons. The zero-order valence-electron chi connectivity index (χ0n) is 16.0. The standard InChI is InChI=1S/C22H44/c1-4-6-8-10-12-13-14-15-17-19-21-22(3)20-18-16-11-9-7-5-2/h12-13,22H,4-11,14-21H2,1-3H3/b13-12-. The molecule has 0 N–H and O–H groups in total. The SMILES string of the molecule is CCCCC/C=C\CCCCCC(C)CCCCCCCC. The van der Waals surface area contributed by atoms with E-state index in [0.717, 1.165) is 5.92 Å². The van der Waals surface area contributed by atoms with Gasteiger partial charge in [0.1, 0.15) is 0 Å². The molecule has 1 atom stereocenters. The Morgan fingerprint density at radius 3 is 1.55 bits per heavy atom. The average Bonchev–Trinajstić information content (AvgIpc) is 2.52. The molecule has 0 nitrogen and oxygen atoms in total. The van der Waals surface area contributed by atoms with E-state index in [9.17, 15) is 0 Å². The highest BCUT2D eigenvalue weighted by atomic mass is 14.1. The van der Waals surface area contributed by atoms with Crippen LogP contribution in [0.3, 0.4) is 0 Å². The summed E-state index contributed by atoms with van der Waals surface area (Å²) in [6.45, 7) is 7.03. The number of hydrogen-bond donors (Lipinski definition) is 0. The van der Waals surface area contributed by atoms with Gasteiger partial charge in [0.05, 0.1) is 0 Å². The van der Waals surface area contributed by atoms with Crippen LogP contribution in [0.2, 0.25) is 0 Å². The average molecular weight is 309 g/mol. The summed E-state index contributed by atoms with van der Waals surface area (Å²) in [7, 11) is 0. The number of hydrogen-bond acceptors (Lipinski definition) is 0. The lowest BCUT2D eigenvalue weighted by Crippen LogP contribution is -1.95. The zero-order valence-corrected chi connectivity index (χ0v) is 16.0. The summed E-state index contributed by atoms with van der Waals surface area (Å²) in [6, 6.07) is 0. The molecule has 0 heteroatoms. The van der Waals surface area contributed by atoms with Gasteiger partial charge < -0.3 is 0 Å². The van der Waals surface area contributed by atoms with Gasteiger partial charge in [0, 0.05) is 0 Å². The summed E-state index contributed by atoms with van der Waals surface area (Å²) in [5, 5.41) is 0. The maximum absolute atomic E-state index is 2.46. The van der Waals surface area contributed by atoms with Crippen LogP contribution in [0.1, 0.15) is 124 Å². The van der Waals surface area contributed by atoms with Gasteiger partial charge in [-0.2, -0.15) is 0 Å². The van der Waals surface area contributed by atoms with Gasteiger partial charge >= 0.3 is 0 Å². The van der Waals surface area contributed by atoms with E-state index >= 15 is 0 Å². The summed E-state index contributed by atoms with van der Waals surface area (Å²) < 4.78 is 0. The molecule has 0 aromatic heterocycles. The summed E-state index contributed by atoms with van der Waals surface area (Å²) in [5.74, 6) is 0.954. The van der Waals surface area contributed by atoms with Crippen LogP contribution >= 0.6 is 0 Å². The largest absolute Gasteiger partial charge is 0.0885 e. The second-order valence-corrected chi connectivity index (χ2v) is 7.27. The van der Waals surface area contributed by atoms with Crippen LogP contribution in [-0.4, -0.2) is 0 Å². The van der Waals surface area contributed by atoms with Crippen LogP contribution in [0.25, 0.3) is 0 Å². The lowest BCUT2D eigenvalue weighted by molar-refractivity contribution is 0.435. The van der Waals surface area contributed by atoms with Crippen molar-refractivity contribution in [1.82, 2.24) is 0 Å². The monoisotopic (exact) mass is 308 g/mol. The van der Waals surface area contributed by atoms with E-state index < -0.39 is 0 Å². The molecule has 0 saturated carbocycles. The predicted molar refractivity (Wildman–Crippen MR) is 104 cm³/mol. The van der Waals surface area contributed by atoms with Gasteiger partial charge in [-0.3, -0.25) is 0 Å². The van der Waals surface area contributed by atoms with Crippen LogP contribution in [-0.2, 0) is 0 Å². The van der Waals surface area contributed by atoms with Crippen molar-refractivity contribution in [2.75, 3.05) is 0 Å². The maximum atomic E-state index is 2.46. The quantitative estimate of drug-likeness (QED) is 0.187. The molecular formula is C22H44. The van der Waals surface area contributed by atoms with Crippen molar-refractivity contribution in [2.45, 2.75) is 124 Å². The van der Waals surface area contributed by atoms with Crippen molar-refractivity contribution < 1.29 is 0 Å². The Kier molecular flexibility index (Phi) is 18.6. The minimum Gasteiger partial charge on any atom is -0.0885 e. The molecule has 0 aliphatic rings. The maximum Gasteiger partial charge on any atom is -0.0351 e. The molecule has 0 bridgehead atoms. The molecule has 22 heavy (non-hydrogen) atoms. The third-order valence-electron chi connectivity index (χ3n) is 4.76. The second kappa shape index (κ2) is 18.8. The zero-order chi connectivity index (χ0) is 16.3. The van der Waals surface area contributed by atoms with Crippen LogP contribution in [0.4, 0.5) is 0 Å². The lowest BCUT2D eigenvalue weighted by Gasteiger charge is -2.10. The highest BCUT2D eigenvalue weighted by Crippen LogP contribution is 2.18. The van der Waals surface area contributed by atoms with Crippen molar-refractivity contribution in [1.29, 1.82) is 0 Å². The third-order valence-corrected chi connectivity index (χ3v) is 4.76. The normalized spacial score (nSPS) is 13.0. The Morgan fingerprint density at radius 2 is 0.955 bits per heavy atom. The molecule has 0 rings (SSSR count). The van der Waals surface area contributed by atoms with Crippen molar-refractivity contribution in [3.05, 3.63) is 12.2 Å². The fourth-order valence-corrected chi connectivity index (χ4v) is 3.10.